The number of nitrogens with zero attached hydrogens (tertiary/aromatic N) is 2. The number of thiazole rings is 1. The summed E-state index contributed by atoms with van der Waals surface area (Å²) in [5, 5.41) is 2.01. The van der Waals surface area contributed by atoms with Crippen molar-refractivity contribution in [3.05, 3.63) is 35.5 Å². The van der Waals surface area contributed by atoms with Crippen LogP contribution in [0.1, 0.15) is 10.5 Å². The van der Waals surface area contributed by atoms with Crippen molar-refractivity contribution in [3.63, 3.8) is 0 Å². The monoisotopic (exact) mass is 272 g/mol. The largest absolute Gasteiger partial charge is 0.454 e. The highest BCUT2D eigenvalue weighted by Gasteiger charge is 2.16. The predicted octanol–water partition coefficient (Wildman–Crippen LogP) is 2.60. The van der Waals surface area contributed by atoms with Gasteiger partial charge in [0.25, 0.3) is 0 Å². The minimum Gasteiger partial charge on any atom is -0.454 e. The smallest absolute Gasteiger partial charge is 0.231 e. The molecule has 4 rings (SSSR count). The van der Waals surface area contributed by atoms with E-state index in [1.165, 1.54) is 11.3 Å². The number of carbonyl (C=O) groups is 1. The van der Waals surface area contributed by atoms with Gasteiger partial charge in [-0.15, -0.1) is 11.3 Å². The van der Waals surface area contributed by atoms with Crippen LogP contribution in [0.2, 0.25) is 0 Å². The molecule has 1 aromatic carbocycles. The summed E-state index contributed by atoms with van der Waals surface area (Å²) in [7, 11) is 0. The third kappa shape index (κ3) is 1.53. The second kappa shape index (κ2) is 3.83. The van der Waals surface area contributed by atoms with Crippen LogP contribution in [-0.2, 0) is 0 Å². The van der Waals surface area contributed by atoms with Crippen molar-refractivity contribution in [1.82, 2.24) is 9.38 Å². The van der Waals surface area contributed by atoms with E-state index in [-0.39, 0.29) is 6.79 Å². The Bertz CT molecular complexity index is 790. The molecule has 0 radical (unpaired) electrons. The highest BCUT2D eigenvalue weighted by Crippen LogP contribution is 2.36. The normalized spacial score (nSPS) is 13.1. The molecule has 0 saturated heterocycles. The Morgan fingerprint density at radius 1 is 1.32 bits per heavy atom. The molecule has 0 saturated carbocycles. The molecule has 6 heteroatoms. The van der Waals surface area contributed by atoms with E-state index in [2.05, 4.69) is 4.98 Å². The van der Waals surface area contributed by atoms with Crippen LogP contribution in [0.3, 0.4) is 0 Å². The Morgan fingerprint density at radius 2 is 2.21 bits per heavy atom. The fraction of sp³-hybridized carbons (Fsp3) is 0.0769. The van der Waals surface area contributed by atoms with Crippen molar-refractivity contribution in [3.8, 4) is 22.8 Å². The Hall–Kier alpha value is -2.34. The van der Waals surface area contributed by atoms with Crippen LogP contribution < -0.4 is 9.47 Å². The lowest BCUT2D eigenvalue weighted by Gasteiger charge is -2.01. The first kappa shape index (κ1) is 10.6. The first-order chi connectivity index (χ1) is 9.35. The Morgan fingerprint density at radius 3 is 3.11 bits per heavy atom. The van der Waals surface area contributed by atoms with Gasteiger partial charge in [0.15, 0.2) is 22.7 Å². The number of ether oxygens (including phenoxy) is 2. The summed E-state index contributed by atoms with van der Waals surface area (Å²) >= 11 is 1.50. The molecule has 94 valence electrons. The minimum absolute atomic E-state index is 0.262. The highest BCUT2D eigenvalue weighted by molar-refractivity contribution is 7.15. The maximum absolute atomic E-state index is 10.8. The van der Waals surface area contributed by atoms with Gasteiger partial charge in [0.1, 0.15) is 5.69 Å². The van der Waals surface area contributed by atoms with E-state index in [9.17, 15) is 4.79 Å². The SMILES string of the molecule is O=Cc1cn2c(-c3ccc4c(c3)OCO4)csc2n1. The lowest BCUT2D eigenvalue weighted by atomic mass is 10.1. The molecule has 0 N–H and O–H groups in total. The molecule has 19 heavy (non-hydrogen) atoms. The summed E-state index contributed by atoms with van der Waals surface area (Å²) in [6.45, 7) is 0.262. The van der Waals surface area contributed by atoms with E-state index in [1.807, 2.05) is 28.0 Å². The summed E-state index contributed by atoms with van der Waals surface area (Å²) in [5.74, 6) is 1.50. The number of aromatic nitrogens is 2. The van der Waals surface area contributed by atoms with Gasteiger partial charge in [-0.3, -0.25) is 9.20 Å². The molecule has 3 heterocycles. The van der Waals surface area contributed by atoms with Gasteiger partial charge < -0.3 is 9.47 Å². The van der Waals surface area contributed by atoms with Crippen LogP contribution in [0.15, 0.2) is 29.8 Å². The number of rotatable bonds is 2. The number of hydrogen-bond donors (Lipinski definition) is 0. The first-order valence-electron chi connectivity index (χ1n) is 5.67. The zero-order chi connectivity index (χ0) is 12.8. The van der Waals surface area contributed by atoms with E-state index in [0.29, 0.717) is 5.69 Å². The molecule has 2 aromatic heterocycles. The zero-order valence-corrected chi connectivity index (χ0v) is 10.5. The van der Waals surface area contributed by atoms with Crippen LogP contribution in [0.4, 0.5) is 0 Å². The van der Waals surface area contributed by atoms with Crippen molar-refractivity contribution in [1.29, 1.82) is 0 Å². The average molecular weight is 272 g/mol. The molecule has 0 spiro atoms. The van der Waals surface area contributed by atoms with Crippen LogP contribution in [-0.4, -0.2) is 22.5 Å². The van der Waals surface area contributed by atoms with Crippen molar-refractivity contribution in [2.24, 2.45) is 0 Å². The molecule has 0 unspecified atom stereocenters. The number of imidazole rings is 1. The number of benzene rings is 1. The fourth-order valence-electron chi connectivity index (χ4n) is 2.12. The molecule has 0 atom stereocenters. The van der Waals surface area contributed by atoms with Gasteiger partial charge in [0, 0.05) is 17.1 Å². The molecule has 0 fully saturated rings. The van der Waals surface area contributed by atoms with Crippen molar-refractivity contribution in [2.75, 3.05) is 6.79 Å². The van der Waals surface area contributed by atoms with Gasteiger partial charge >= 0.3 is 0 Å². The first-order valence-corrected chi connectivity index (χ1v) is 6.55. The lowest BCUT2D eigenvalue weighted by molar-refractivity contribution is 0.111. The molecular formula is C13H8N2O3S. The van der Waals surface area contributed by atoms with Crippen molar-refractivity contribution >= 4 is 22.6 Å². The van der Waals surface area contributed by atoms with Gasteiger partial charge in [-0.05, 0) is 18.2 Å². The summed E-state index contributed by atoms with van der Waals surface area (Å²) < 4.78 is 12.6. The van der Waals surface area contributed by atoms with Gasteiger partial charge in [-0.25, -0.2) is 4.98 Å². The zero-order valence-electron chi connectivity index (χ0n) is 9.70. The molecule has 0 aliphatic carbocycles. The van der Waals surface area contributed by atoms with Crippen LogP contribution in [0.25, 0.3) is 16.2 Å². The van der Waals surface area contributed by atoms with Gasteiger partial charge in [0.05, 0.1) is 5.69 Å². The van der Waals surface area contributed by atoms with Crippen LogP contribution in [0.5, 0.6) is 11.5 Å². The summed E-state index contributed by atoms with van der Waals surface area (Å²) in [4.78, 5) is 15.8. The molecular weight excluding hydrogens is 264 g/mol. The summed E-state index contributed by atoms with van der Waals surface area (Å²) in [6.07, 6.45) is 2.49. The second-order valence-electron chi connectivity index (χ2n) is 4.13. The maximum Gasteiger partial charge on any atom is 0.231 e. The van der Waals surface area contributed by atoms with Gasteiger partial charge in [0.2, 0.25) is 6.79 Å². The molecule has 0 amide bonds. The maximum atomic E-state index is 10.8. The standard InChI is InChI=1S/C13H8N2O3S/c16-5-9-4-15-10(6-19-13(15)14-9)8-1-2-11-12(3-8)18-7-17-11/h1-6H,7H2. The summed E-state index contributed by atoms with van der Waals surface area (Å²) in [5.41, 5.74) is 2.43. The van der Waals surface area contributed by atoms with Crippen molar-refractivity contribution in [2.45, 2.75) is 0 Å². The Balaban J connectivity index is 1.89. The number of fused-ring (bicyclic) bond motifs is 2. The van der Waals surface area contributed by atoms with E-state index in [0.717, 1.165) is 34.0 Å². The minimum atomic E-state index is 0.262. The Labute approximate surface area is 112 Å². The number of carbonyl (C=O) groups excluding carboxylic acids is 1. The predicted molar refractivity (Wildman–Crippen MR) is 70.0 cm³/mol. The molecule has 1 aliphatic rings. The van der Waals surface area contributed by atoms with Crippen molar-refractivity contribution < 1.29 is 14.3 Å². The quantitative estimate of drug-likeness (QED) is 0.673. The third-order valence-corrected chi connectivity index (χ3v) is 3.86. The van der Waals surface area contributed by atoms with E-state index < -0.39 is 0 Å². The third-order valence-electron chi connectivity index (χ3n) is 3.02. The van der Waals surface area contributed by atoms with E-state index in [1.54, 1.807) is 6.20 Å². The van der Waals surface area contributed by atoms with Crippen LogP contribution in [0, 0.1) is 0 Å². The lowest BCUT2D eigenvalue weighted by Crippen LogP contribution is -1.92. The number of aldehydes is 1. The fourth-order valence-corrected chi connectivity index (χ4v) is 3.01. The van der Waals surface area contributed by atoms with E-state index >= 15 is 0 Å². The topological polar surface area (TPSA) is 52.8 Å². The second-order valence-corrected chi connectivity index (χ2v) is 4.96. The molecule has 3 aromatic rings. The molecule has 0 bridgehead atoms. The summed E-state index contributed by atoms with van der Waals surface area (Å²) in [6, 6.07) is 5.79. The molecule has 1 aliphatic heterocycles. The van der Waals surface area contributed by atoms with Crippen LogP contribution >= 0.6 is 11.3 Å². The van der Waals surface area contributed by atoms with E-state index in [4.69, 9.17) is 9.47 Å². The van der Waals surface area contributed by atoms with Gasteiger partial charge in [-0.1, -0.05) is 0 Å². The average Bonchev–Trinajstić information content (AvgIpc) is 3.12. The van der Waals surface area contributed by atoms with Gasteiger partial charge in [-0.2, -0.15) is 0 Å². The molecule has 5 nitrogen and oxygen atoms in total. The Kier molecular flexibility index (Phi) is 2.13. The highest BCUT2D eigenvalue weighted by atomic mass is 32.1. The number of hydrogen-bond acceptors (Lipinski definition) is 5.